The van der Waals surface area contributed by atoms with Crippen molar-refractivity contribution >= 4 is 33.3 Å². The zero-order valence-electron chi connectivity index (χ0n) is 11.3. The van der Waals surface area contributed by atoms with Gasteiger partial charge in [-0.25, -0.2) is 4.98 Å². The normalized spacial score (nSPS) is 17.9. The van der Waals surface area contributed by atoms with E-state index < -0.39 is 0 Å². The molecule has 5 heteroatoms. The molecule has 0 aliphatic heterocycles. The average molecular weight is 276 g/mol. The zero-order valence-corrected chi connectivity index (χ0v) is 12.1. The molecule has 19 heavy (non-hydrogen) atoms. The molecule has 1 aliphatic rings. The molecule has 0 unspecified atom stereocenters. The van der Waals surface area contributed by atoms with Crippen LogP contribution in [0.5, 0.6) is 0 Å². The first-order valence-electron chi connectivity index (χ1n) is 6.97. The summed E-state index contributed by atoms with van der Waals surface area (Å²) in [6.45, 7) is 3.28. The summed E-state index contributed by atoms with van der Waals surface area (Å²) in [5.41, 5.74) is 6.22. The monoisotopic (exact) mass is 276 g/mol. The third-order valence-electron chi connectivity index (χ3n) is 4.39. The highest BCUT2D eigenvalue weighted by atomic mass is 32.1. The molecule has 0 saturated heterocycles. The fraction of sp³-hybridized carbons (Fsp3) is 0.571. The van der Waals surface area contributed by atoms with E-state index in [2.05, 4.69) is 28.3 Å². The summed E-state index contributed by atoms with van der Waals surface area (Å²) >= 11 is 1.61. The van der Waals surface area contributed by atoms with Crippen LogP contribution in [0.25, 0.3) is 10.2 Å². The van der Waals surface area contributed by atoms with E-state index in [1.807, 2.05) is 5.38 Å². The molecule has 3 rings (SSSR count). The van der Waals surface area contributed by atoms with Gasteiger partial charge >= 0.3 is 0 Å². The van der Waals surface area contributed by atoms with Crippen LogP contribution < -0.4 is 11.1 Å². The Hall–Kier alpha value is -1.36. The van der Waals surface area contributed by atoms with Gasteiger partial charge in [0.25, 0.3) is 0 Å². The van der Waals surface area contributed by atoms with Gasteiger partial charge in [0.05, 0.1) is 5.39 Å². The third kappa shape index (κ3) is 2.39. The number of nitrogens with two attached hydrogens (primary N) is 1. The zero-order chi connectivity index (χ0) is 13.3. The second-order valence-electron chi connectivity index (χ2n) is 5.48. The first kappa shape index (κ1) is 12.7. The van der Waals surface area contributed by atoms with Crippen molar-refractivity contribution in [1.82, 2.24) is 9.97 Å². The molecule has 2 aromatic heterocycles. The standard InChI is InChI=1S/C14H20N4S/c1-2-14(6-3-4-7-14)9-16-11-10-5-8-19-12(10)18-13(15)17-11/h5,8H,2-4,6-7,9H2,1H3,(H3,15,16,17,18). The van der Waals surface area contributed by atoms with Crippen molar-refractivity contribution in [2.45, 2.75) is 39.0 Å². The number of aromatic nitrogens is 2. The molecular weight excluding hydrogens is 256 g/mol. The lowest BCUT2D eigenvalue weighted by atomic mass is 9.83. The summed E-state index contributed by atoms with van der Waals surface area (Å²) in [4.78, 5) is 9.59. The minimum absolute atomic E-state index is 0.356. The van der Waals surface area contributed by atoms with Crippen LogP contribution in [0, 0.1) is 5.41 Å². The number of rotatable bonds is 4. The molecule has 0 atom stereocenters. The predicted octanol–water partition coefficient (Wildman–Crippen LogP) is 3.66. The largest absolute Gasteiger partial charge is 0.369 e. The first-order chi connectivity index (χ1) is 9.22. The van der Waals surface area contributed by atoms with Crippen molar-refractivity contribution in [1.29, 1.82) is 0 Å². The number of nitrogen functional groups attached to an aromatic ring is 1. The number of nitrogens with zero attached hydrogens (tertiary/aromatic N) is 2. The van der Waals surface area contributed by atoms with Gasteiger partial charge in [0.15, 0.2) is 0 Å². The second-order valence-corrected chi connectivity index (χ2v) is 6.38. The van der Waals surface area contributed by atoms with E-state index in [9.17, 15) is 0 Å². The minimum atomic E-state index is 0.356. The lowest BCUT2D eigenvalue weighted by Crippen LogP contribution is -2.26. The number of hydrogen-bond acceptors (Lipinski definition) is 5. The lowest BCUT2D eigenvalue weighted by molar-refractivity contribution is 0.306. The SMILES string of the molecule is CCC1(CNc2nc(N)nc3sccc23)CCCC1. The van der Waals surface area contributed by atoms with E-state index in [0.29, 0.717) is 11.4 Å². The van der Waals surface area contributed by atoms with Crippen molar-refractivity contribution in [3.63, 3.8) is 0 Å². The molecule has 0 spiro atoms. The van der Waals surface area contributed by atoms with Gasteiger partial charge in [-0.05, 0) is 36.1 Å². The fourth-order valence-electron chi connectivity index (χ4n) is 3.06. The molecule has 3 N–H and O–H groups in total. The molecule has 0 amide bonds. The smallest absolute Gasteiger partial charge is 0.223 e. The predicted molar refractivity (Wildman–Crippen MR) is 81.5 cm³/mol. The van der Waals surface area contributed by atoms with Crippen molar-refractivity contribution in [2.24, 2.45) is 5.41 Å². The van der Waals surface area contributed by atoms with Gasteiger partial charge in [-0.2, -0.15) is 4.98 Å². The topological polar surface area (TPSA) is 63.8 Å². The molecule has 0 aromatic carbocycles. The molecular formula is C14H20N4S. The van der Waals surface area contributed by atoms with Gasteiger partial charge in [0, 0.05) is 6.54 Å². The Balaban J connectivity index is 1.83. The minimum Gasteiger partial charge on any atom is -0.369 e. The molecule has 102 valence electrons. The first-order valence-corrected chi connectivity index (χ1v) is 7.85. The average Bonchev–Trinajstić information content (AvgIpc) is 3.05. The molecule has 0 bridgehead atoms. The van der Waals surface area contributed by atoms with Crippen molar-refractivity contribution in [3.8, 4) is 0 Å². The van der Waals surface area contributed by atoms with Crippen LogP contribution in [0.15, 0.2) is 11.4 Å². The Labute approximate surface area is 117 Å². The van der Waals surface area contributed by atoms with Crippen molar-refractivity contribution < 1.29 is 0 Å². The number of nitrogens with one attached hydrogen (secondary N) is 1. The van der Waals surface area contributed by atoms with Crippen LogP contribution in [0.2, 0.25) is 0 Å². The van der Waals surface area contributed by atoms with E-state index in [4.69, 9.17) is 5.73 Å². The second kappa shape index (κ2) is 4.96. The molecule has 0 radical (unpaired) electrons. The van der Waals surface area contributed by atoms with E-state index >= 15 is 0 Å². The third-order valence-corrected chi connectivity index (χ3v) is 5.19. The number of hydrogen-bond donors (Lipinski definition) is 2. The highest BCUT2D eigenvalue weighted by molar-refractivity contribution is 7.16. The van der Waals surface area contributed by atoms with Gasteiger partial charge in [-0.15, -0.1) is 11.3 Å². The van der Waals surface area contributed by atoms with Gasteiger partial charge in [-0.1, -0.05) is 19.8 Å². The lowest BCUT2D eigenvalue weighted by Gasteiger charge is -2.28. The van der Waals surface area contributed by atoms with Gasteiger partial charge < -0.3 is 11.1 Å². The van der Waals surface area contributed by atoms with Crippen LogP contribution in [0.1, 0.15) is 39.0 Å². The maximum Gasteiger partial charge on any atom is 0.223 e. The van der Waals surface area contributed by atoms with Gasteiger partial charge in [0.2, 0.25) is 5.95 Å². The summed E-state index contributed by atoms with van der Waals surface area (Å²) < 4.78 is 0. The summed E-state index contributed by atoms with van der Waals surface area (Å²) in [6.07, 6.45) is 6.59. The Morgan fingerprint density at radius 2 is 2.16 bits per heavy atom. The van der Waals surface area contributed by atoms with Crippen LogP contribution >= 0.6 is 11.3 Å². The molecule has 4 nitrogen and oxygen atoms in total. The number of anilines is 2. The van der Waals surface area contributed by atoms with E-state index in [1.54, 1.807) is 11.3 Å². The Morgan fingerprint density at radius 3 is 2.89 bits per heavy atom. The van der Waals surface area contributed by atoms with Crippen LogP contribution in [0.4, 0.5) is 11.8 Å². The van der Waals surface area contributed by atoms with Gasteiger partial charge in [-0.3, -0.25) is 0 Å². The Morgan fingerprint density at radius 1 is 1.37 bits per heavy atom. The molecule has 2 heterocycles. The Bertz CT molecular complexity index is 572. The molecule has 1 saturated carbocycles. The fourth-order valence-corrected chi connectivity index (χ4v) is 3.83. The summed E-state index contributed by atoms with van der Waals surface area (Å²) in [6, 6.07) is 2.06. The van der Waals surface area contributed by atoms with E-state index in [-0.39, 0.29) is 0 Å². The summed E-state index contributed by atoms with van der Waals surface area (Å²) in [7, 11) is 0. The molecule has 2 aromatic rings. The van der Waals surface area contributed by atoms with Crippen molar-refractivity contribution in [2.75, 3.05) is 17.6 Å². The highest BCUT2D eigenvalue weighted by Crippen LogP contribution is 2.41. The quantitative estimate of drug-likeness (QED) is 0.894. The van der Waals surface area contributed by atoms with Crippen LogP contribution in [0.3, 0.4) is 0 Å². The van der Waals surface area contributed by atoms with Crippen LogP contribution in [-0.4, -0.2) is 16.5 Å². The maximum absolute atomic E-state index is 5.78. The summed E-state index contributed by atoms with van der Waals surface area (Å²) in [5.74, 6) is 1.25. The maximum atomic E-state index is 5.78. The van der Waals surface area contributed by atoms with Gasteiger partial charge in [0.1, 0.15) is 10.6 Å². The number of thiophene rings is 1. The Kier molecular flexibility index (Phi) is 3.31. The highest BCUT2D eigenvalue weighted by Gasteiger charge is 2.31. The molecule has 1 fully saturated rings. The van der Waals surface area contributed by atoms with E-state index in [0.717, 1.165) is 22.6 Å². The summed E-state index contributed by atoms with van der Waals surface area (Å²) in [5, 5.41) is 6.65. The van der Waals surface area contributed by atoms with E-state index in [1.165, 1.54) is 32.1 Å². The molecule has 1 aliphatic carbocycles. The van der Waals surface area contributed by atoms with Crippen molar-refractivity contribution in [3.05, 3.63) is 11.4 Å². The van der Waals surface area contributed by atoms with Crippen LogP contribution in [-0.2, 0) is 0 Å². The number of fused-ring (bicyclic) bond motifs is 1.